The number of hydrogen-bond donors (Lipinski definition) is 3. The van der Waals surface area contributed by atoms with E-state index in [9.17, 15) is 4.57 Å². The summed E-state index contributed by atoms with van der Waals surface area (Å²) in [6.07, 6.45) is 0.0158. The average molecular weight is 183 g/mol. The number of phosphoric acid groups is 1. The molecule has 0 aromatic rings. The molecule has 5 nitrogen and oxygen atoms in total. The molecule has 0 saturated heterocycles. The Bertz CT molecular complexity index is 157. The molecule has 6 heteroatoms. The zero-order valence-corrected chi connectivity index (χ0v) is 7.49. The molecule has 4 N–H and O–H groups in total. The second kappa shape index (κ2) is 4.18. The Morgan fingerprint density at radius 2 is 2.09 bits per heavy atom. The maximum atomic E-state index is 10.3. The predicted octanol–water partition coefficient (Wildman–Crippen LogP) is 0.222. The van der Waals surface area contributed by atoms with Crippen LogP contribution in [0.1, 0.15) is 20.3 Å². The molecule has 0 aliphatic rings. The summed E-state index contributed by atoms with van der Waals surface area (Å²) < 4.78 is 14.6. The van der Waals surface area contributed by atoms with Crippen LogP contribution in [0, 0.1) is 0 Å². The number of phosphoric ester groups is 1. The molecule has 0 spiro atoms. The minimum absolute atomic E-state index is 0.331. The second-order valence-electron chi connectivity index (χ2n) is 2.37. The average Bonchev–Trinajstić information content (AvgIpc) is 1.82. The van der Waals surface area contributed by atoms with E-state index in [1.54, 1.807) is 0 Å². The summed E-state index contributed by atoms with van der Waals surface area (Å²) in [5.74, 6) is 0. The van der Waals surface area contributed by atoms with Crippen LogP contribution in [0.15, 0.2) is 0 Å². The summed E-state index contributed by atoms with van der Waals surface area (Å²) >= 11 is 0. The molecule has 0 aromatic carbocycles. The minimum atomic E-state index is -4.37. The zero-order chi connectivity index (χ0) is 9.07. The van der Waals surface area contributed by atoms with Gasteiger partial charge < -0.3 is 15.5 Å². The Kier molecular flexibility index (Phi) is 4.21. The lowest BCUT2D eigenvalue weighted by molar-refractivity contribution is 0.125. The third kappa shape index (κ3) is 5.35. The molecule has 68 valence electrons. The van der Waals surface area contributed by atoms with Crippen molar-refractivity contribution in [1.29, 1.82) is 0 Å². The van der Waals surface area contributed by atoms with Gasteiger partial charge >= 0.3 is 7.82 Å². The summed E-state index contributed by atoms with van der Waals surface area (Å²) in [5.41, 5.74) is 5.46. The lowest BCUT2D eigenvalue weighted by Crippen LogP contribution is -2.33. The van der Waals surface area contributed by atoms with Crippen molar-refractivity contribution in [3.8, 4) is 0 Å². The van der Waals surface area contributed by atoms with Crippen molar-refractivity contribution in [3.63, 3.8) is 0 Å². The SMILES string of the molecule is CCC(N)C(C)OP(=O)(O)O. The van der Waals surface area contributed by atoms with Crippen LogP contribution in [0.5, 0.6) is 0 Å². The van der Waals surface area contributed by atoms with Gasteiger partial charge in [0.2, 0.25) is 0 Å². The van der Waals surface area contributed by atoms with Gasteiger partial charge in [-0.2, -0.15) is 0 Å². The van der Waals surface area contributed by atoms with Gasteiger partial charge in [0.1, 0.15) is 0 Å². The molecule has 0 fully saturated rings. The van der Waals surface area contributed by atoms with Gasteiger partial charge in [-0.15, -0.1) is 0 Å². The summed E-state index contributed by atoms with van der Waals surface area (Å²) in [6, 6.07) is -0.331. The van der Waals surface area contributed by atoms with Crippen LogP contribution in [0.25, 0.3) is 0 Å². The van der Waals surface area contributed by atoms with Crippen molar-refractivity contribution in [2.75, 3.05) is 0 Å². The summed E-state index contributed by atoms with van der Waals surface area (Å²) in [6.45, 7) is 3.36. The first-order valence-corrected chi connectivity index (χ1v) is 4.89. The molecule has 0 aliphatic carbocycles. The van der Waals surface area contributed by atoms with Crippen LogP contribution in [0.4, 0.5) is 0 Å². The van der Waals surface area contributed by atoms with Crippen molar-refractivity contribution in [1.82, 2.24) is 0 Å². The van der Waals surface area contributed by atoms with E-state index < -0.39 is 13.9 Å². The van der Waals surface area contributed by atoms with Crippen molar-refractivity contribution in [2.45, 2.75) is 32.4 Å². The molecule has 2 atom stereocenters. The maximum Gasteiger partial charge on any atom is 0.469 e. The number of nitrogens with two attached hydrogens (primary N) is 1. The van der Waals surface area contributed by atoms with E-state index in [0.29, 0.717) is 6.42 Å². The van der Waals surface area contributed by atoms with E-state index in [-0.39, 0.29) is 6.04 Å². The Morgan fingerprint density at radius 3 is 2.36 bits per heavy atom. The first-order valence-electron chi connectivity index (χ1n) is 3.36. The van der Waals surface area contributed by atoms with E-state index in [4.69, 9.17) is 15.5 Å². The van der Waals surface area contributed by atoms with E-state index in [1.165, 1.54) is 6.92 Å². The fourth-order valence-electron chi connectivity index (χ4n) is 0.627. The second-order valence-corrected chi connectivity index (χ2v) is 3.57. The summed E-state index contributed by atoms with van der Waals surface area (Å²) in [4.78, 5) is 16.7. The zero-order valence-electron chi connectivity index (χ0n) is 6.60. The molecule has 0 aromatic heterocycles. The molecular weight excluding hydrogens is 169 g/mol. The molecule has 2 unspecified atom stereocenters. The van der Waals surface area contributed by atoms with Gasteiger partial charge in [0.15, 0.2) is 0 Å². The van der Waals surface area contributed by atoms with Crippen LogP contribution in [-0.4, -0.2) is 21.9 Å². The third-order valence-electron chi connectivity index (χ3n) is 1.38. The highest BCUT2D eigenvalue weighted by Crippen LogP contribution is 2.38. The van der Waals surface area contributed by atoms with Gasteiger partial charge in [-0.3, -0.25) is 4.52 Å². The highest BCUT2D eigenvalue weighted by molar-refractivity contribution is 7.46. The van der Waals surface area contributed by atoms with Gasteiger partial charge in [0, 0.05) is 6.04 Å². The molecule has 0 aliphatic heterocycles. The van der Waals surface area contributed by atoms with Crippen molar-refractivity contribution in [2.24, 2.45) is 5.73 Å². The number of hydrogen-bond acceptors (Lipinski definition) is 3. The lowest BCUT2D eigenvalue weighted by Gasteiger charge is -2.18. The number of rotatable bonds is 4. The van der Waals surface area contributed by atoms with Gasteiger partial charge in [-0.25, -0.2) is 4.57 Å². The van der Waals surface area contributed by atoms with Crippen molar-refractivity contribution >= 4 is 7.82 Å². The largest absolute Gasteiger partial charge is 0.469 e. The summed E-state index contributed by atoms with van der Waals surface area (Å²) in [7, 11) is -4.37. The Morgan fingerprint density at radius 1 is 1.64 bits per heavy atom. The molecule has 0 amide bonds. The molecule has 0 bridgehead atoms. The van der Waals surface area contributed by atoms with Crippen molar-refractivity contribution in [3.05, 3.63) is 0 Å². The first kappa shape index (κ1) is 11.1. The van der Waals surface area contributed by atoms with Gasteiger partial charge in [-0.1, -0.05) is 6.92 Å². The van der Waals surface area contributed by atoms with Crippen LogP contribution in [0.2, 0.25) is 0 Å². The molecule has 11 heavy (non-hydrogen) atoms. The highest BCUT2D eigenvalue weighted by atomic mass is 31.2. The van der Waals surface area contributed by atoms with Gasteiger partial charge in [-0.05, 0) is 13.3 Å². The first-order chi connectivity index (χ1) is 4.87. The lowest BCUT2D eigenvalue weighted by atomic mass is 10.1. The smallest absolute Gasteiger partial charge is 0.325 e. The molecule has 0 saturated carbocycles. The Balaban J connectivity index is 3.87. The van der Waals surface area contributed by atoms with Crippen LogP contribution in [-0.2, 0) is 9.09 Å². The molecule has 0 radical (unpaired) electrons. The van der Waals surface area contributed by atoms with E-state index in [2.05, 4.69) is 4.52 Å². The van der Waals surface area contributed by atoms with Crippen LogP contribution >= 0.6 is 7.82 Å². The van der Waals surface area contributed by atoms with Crippen molar-refractivity contribution < 1.29 is 18.9 Å². The standard InChI is InChI=1S/C5H14NO4P/c1-3-5(6)4(2)10-11(7,8)9/h4-5H,3,6H2,1-2H3,(H2,7,8,9). The maximum absolute atomic E-state index is 10.3. The molecule has 0 heterocycles. The van der Waals surface area contributed by atoms with E-state index >= 15 is 0 Å². The van der Waals surface area contributed by atoms with Crippen LogP contribution in [0.3, 0.4) is 0 Å². The fraction of sp³-hybridized carbons (Fsp3) is 1.00. The van der Waals surface area contributed by atoms with E-state index in [0.717, 1.165) is 0 Å². The van der Waals surface area contributed by atoms with Crippen LogP contribution < -0.4 is 5.73 Å². The highest BCUT2D eigenvalue weighted by Gasteiger charge is 2.22. The Labute approximate surface area is 65.8 Å². The quantitative estimate of drug-likeness (QED) is 0.542. The van der Waals surface area contributed by atoms with Gasteiger partial charge in [0.25, 0.3) is 0 Å². The van der Waals surface area contributed by atoms with Gasteiger partial charge in [0.05, 0.1) is 6.10 Å². The fourth-order valence-corrected chi connectivity index (χ4v) is 1.22. The predicted molar refractivity (Wildman–Crippen MR) is 40.9 cm³/mol. The minimum Gasteiger partial charge on any atom is -0.325 e. The topological polar surface area (TPSA) is 92.8 Å². The third-order valence-corrected chi connectivity index (χ3v) is 1.99. The molecular formula is C5H14NO4P. The Hall–Kier alpha value is 0.0700. The van der Waals surface area contributed by atoms with E-state index in [1.807, 2.05) is 6.92 Å². The molecule has 0 rings (SSSR count). The summed E-state index contributed by atoms with van der Waals surface area (Å²) in [5, 5.41) is 0. The normalized spacial score (nSPS) is 17.9. The monoisotopic (exact) mass is 183 g/mol.